The van der Waals surface area contributed by atoms with E-state index in [4.69, 9.17) is 5.73 Å². The lowest BCUT2D eigenvalue weighted by molar-refractivity contribution is 0.629. The third-order valence-corrected chi connectivity index (χ3v) is 1.93. The second-order valence-corrected chi connectivity index (χ2v) is 3.01. The van der Waals surface area contributed by atoms with Crippen molar-refractivity contribution in [1.29, 1.82) is 0 Å². The summed E-state index contributed by atoms with van der Waals surface area (Å²) in [6.45, 7) is 1.86. The summed E-state index contributed by atoms with van der Waals surface area (Å²) in [6, 6.07) is 6.15. The quantitative estimate of drug-likeness (QED) is 0.668. The van der Waals surface area contributed by atoms with Gasteiger partial charge in [-0.25, -0.2) is 4.39 Å². The lowest BCUT2D eigenvalue weighted by atomic mass is 10.1. The monoisotopic (exact) mass is 176 g/mol. The highest BCUT2D eigenvalue weighted by Crippen LogP contribution is 2.20. The molecule has 0 unspecified atom stereocenters. The van der Waals surface area contributed by atoms with E-state index >= 15 is 0 Å². The molecule has 1 aromatic carbocycles. The molecule has 66 valence electrons. The summed E-state index contributed by atoms with van der Waals surface area (Å²) in [5.74, 6) is -0.287. The minimum Gasteiger partial charge on any atom is -0.398 e. The number of rotatable bonds is 0. The molecule has 13 heavy (non-hydrogen) atoms. The highest BCUT2D eigenvalue weighted by atomic mass is 19.1. The molecular weight excluding hydrogens is 167 g/mol. The van der Waals surface area contributed by atoms with Gasteiger partial charge < -0.3 is 5.73 Å². The molecule has 0 aliphatic heterocycles. The van der Waals surface area contributed by atoms with Gasteiger partial charge in [0.1, 0.15) is 5.82 Å². The maximum Gasteiger partial charge on any atom is 0.124 e. The van der Waals surface area contributed by atoms with Crippen LogP contribution >= 0.6 is 0 Å². The van der Waals surface area contributed by atoms with Crippen LogP contribution in [-0.4, -0.2) is 4.98 Å². The minimum atomic E-state index is -0.287. The number of aryl methyl sites for hydroxylation is 1. The van der Waals surface area contributed by atoms with Crippen molar-refractivity contribution in [3.63, 3.8) is 0 Å². The van der Waals surface area contributed by atoms with Crippen LogP contribution < -0.4 is 5.73 Å². The smallest absolute Gasteiger partial charge is 0.124 e. The highest BCUT2D eigenvalue weighted by molar-refractivity contribution is 5.90. The third-order valence-electron chi connectivity index (χ3n) is 1.93. The number of benzene rings is 1. The molecule has 0 spiro atoms. The third kappa shape index (κ3) is 1.33. The van der Waals surface area contributed by atoms with Crippen LogP contribution in [0.25, 0.3) is 10.9 Å². The first-order valence-electron chi connectivity index (χ1n) is 3.99. The van der Waals surface area contributed by atoms with Crippen LogP contribution in [0.1, 0.15) is 5.69 Å². The fourth-order valence-electron chi connectivity index (χ4n) is 1.36. The van der Waals surface area contributed by atoms with E-state index in [-0.39, 0.29) is 5.82 Å². The zero-order chi connectivity index (χ0) is 9.42. The molecule has 0 fully saturated rings. The summed E-state index contributed by atoms with van der Waals surface area (Å²) in [5.41, 5.74) is 7.87. The molecule has 0 atom stereocenters. The number of pyridine rings is 1. The average molecular weight is 176 g/mol. The van der Waals surface area contributed by atoms with E-state index in [0.29, 0.717) is 11.1 Å². The van der Waals surface area contributed by atoms with Crippen LogP contribution in [0.5, 0.6) is 0 Å². The van der Waals surface area contributed by atoms with Crippen LogP contribution in [0.3, 0.4) is 0 Å². The van der Waals surface area contributed by atoms with Crippen molar-refractivity contribution in [3.05, 3.63) is 35.8 Å². The van der Waals surface area contributed by atoms with Gasteiger partial charge in [0.15, 0.2) is 0 Å². The van der Waals surface area contributed by atoms with E-state index in [0.717, 1.165) is 11.2 Å². The molecule has 1 aromatic heterocycles. The number of hydrogen-bond donors (Lipinski definition) is 1. The molecule has 0 saturated carbocycles. The minimum absolute atomic E-state index is 0.287. The van der Waals surface area contributed by atoms with Gasteiger partial charge in [-0.3, -0.25) is 4.98 Å². The summed E-state index contributed by atoms with van der Waals surface area (Å²) in [5, 5.41) is 0.672. The topological polar surface area (TPSA) is 38.9 Å². The maximum atomic E-state index is 12.8. The zero-order valence-electron chi connectivity index (χ0n) is 7.21. The summed E-state index contributed by atoms with van der Waals surface area (Å²) >= 11 is 0. The number of fused-ring (bicyclic) bond motifs is 1. The first-order chi connectivity index (χ1) is 6.16. The van der Waals surface area contributed by atoms with Crippen molar-refractivity contribution >= 4 is 16.6 Å². The van der Waals surface area contributed by atoms with E-state index in [1.807, 2.05) is 6.92 Å². The number of aromatic nitrogens is 1. The molecule has 0 saturated heterocycles. The lowest BCUT2D eigenvalue weighted by Crippen LogP contribution is -1.92. The highest BCUT2D eigenvalue weighted by Gasteiger charge is 2.01. The Labute approximate surface area is 75.2 Å². The van der Waals surface area contributed by atoms with Crippen LogP contribution in [0.2, 0.25) is 0 Å². The van der Waals surface area contributed by atoms with Crippen molar-refractivity contribution in [1.82, 2.24) is 4.98 Å². The van der Waals surface area contributed by atoms with Crippen molar-refractivity contribution in [3.8, 4) is 0 Å². The van der Waals surface area contributed by atoms with Gasteiger partial charge >= 0.3 is 0 Å². The van der Waals surface area contributed by atoms with Gasteiger partial charge in [-0.1, -0.05) is 0 Å². The molecule has 2 N–H and O–H groups in total. The van der Waals surface area contributed by atoms with Crippen LogP contribution in [0, 0.1) is 12.7 Å². The maximum absolute atomic E-state index is 12.8. The van der Waals surface area contributed by atoms with E-state index in [2.05, 4.69) is 4.98 Å². The number of nitrogen functional groups attached to an aromatic ring is 1. The van der Waals surface area contributed by atoms with E-state index in [9.17, 15) is 4.39 Å². The predicted molar refractivity (Wildman–Crippen MR) is 50.9 cm³/mol. The molecule has 0 radical (unpaired) electrons. The van der Waals surface area contributed by atoms with Gasteiger partial charge in [-0.05, 0) is 31.2 Å². The van der Waals surface area contributed by atoms with Gasteiger partial charge in [-0.15, -0.1) is 0 Å². The molecule has 0 aliphatic rings. The Bertz CT molecular complexity index is 466. The van der Waals surface area contributed by atoms with Crippen molar-refractivity contribution in [2.24, 2.45) is 0 Å². The second kappa shape index (κ2) is 2.69. The van der Waals surface area contributed by atoms with Crippen LogP contribution in [-0.2, 0) is 0 Å². The fourth-order valence-corrected chi connectivity index (χ4v) is 1.36. The standard InChI is InChI=1S/C10H9FN2/c1-6-4-9(12)8-5-7(11)2-3-10(8)13-6/h2-5H,1H3,(H2,12,13). The summed E-state index contributed by atoms with van der Waals surface area (Å²) in [6.07, 6.45) is 0. The van der Waals surface area contributed by atoms with Gasteiger partial charge in [-0.2, -0.15) is 0 Å². The van der Waals surface area contributed by atoms with Gasteiger partial charge in [0, 0.05) is 16.8 Å². The first kappa shape index (κ1) is 7.98. The zero-order valence-corrected chi connectivity index (χ0v) is 7.21. The summed E-state index contributed by atoms with van der Waals surface area (Å²) < 4.78 is 12.8. The Hall–Kier alpha value is -1.64. The first-order valence-corrected chi connectivity index (χ1v) is 3.99. The molecule has 1 heterocycles. The van der Waals surface area contributed by atoms with E-state index < -0.39 is 0 Å². The predicted octanol–water partition coefficient (Wildman–Crippen LogP) is 2.26. The fraction of sp³-hybridized carbons (Fsp3) is 0.100. The average Bonchev–Trinajstić information content (AvgIpc) is 2.06. The lowest BCUT2D eigenvalue weighted by Gasteiger charge is -2.02. The van der Waals surface area contributed by atoms with E-state index in [1.165, 1.54) is 12.1 Å². The molecule has 0 amide bonds. The second-order valence-electron chi connectivity index (χ2n) is 3.01. The molecule has 2 nitrogen and oxygen atoms in total. The van der Waals surface area contributed by atoms with E-state index in [1.54, 1.807) is 12.1 Å². The number of hydrogen-bond acceptors (Lipinski definition) is 2. The summed E-state index contributed by atoms with van der Waals surface area (Å²) in [4.78, 5) is 4.23. The number of halogens is 1. The molecule has 0 aliphatic carbocycles. The normalized spacial score (nSPS) is 10.6. The van der Waals surface area contributed by atoms with Crippen molar-refractivity contribution in [2.45, 2.75) is 6.92 Å². The number of nitrogens with zero attached hydrogens (tertiary/aromatic N) is 1. The molecule has 0 bridgehead atoms. The summed E-state index contributed by atoms with van der Waals surface area (Å²) in [7, 11) is 0. The number of nitrogens with two attached hydrogens (primary N) is 1. The SMILES string of the molecule is Cc1cc(N)c2cc(F)ccc2n1. The molecular formula is C10H9FN2. The Balaban J connectivity index is 2.87. The Morgan fingerprint density at radius 2 is 2.08 bits per heavy atom. The molecule has 2 aromatic rings. The Morgan fingerprint density at radius 3 is 2.85 bits per heavy atom. The Kier molecular flexibility index (Phi) is 1.65. The van der Waals surface area contributed by atoms with Crippen molar-refractivity contribution in [2.75, 3.05) is 5.73 Å². The van der Waals surface area contributed by atoms with Gasteiger partial charge in [0.2, 0.25) is 0 Å². The van der Waals surface area contributed by atoms with Gasteiger partial charge in [0.05, 0.1) is 5.52 Å². The largest absolute Gasteiger partial charge is 0.398 e. The molecule has 2 rings (SSSR count). The van der Waals surface area contributed by atoms with Crippen molar-refractivity contribution < 1.29 is 4.39 Å². The molecule has 3 heteroatoms. The van der Waals surface area contributed by atoms with Crippen LogP contribution in [0.4, 0.5) is 10.1 Å². The van der Waals surface area contributed by atoms with Gasteiger partial charge in [0.25, 0.3) is 0 Å². The number of anilines is 1. The van der Waals surface area contributed by atoms with Crippen LogP contribution in [0.15, 0.2) is 24.3 Å². The Morgan fingerprint density at radius 1 is 1.31 bits per heavy atom.